The summed E-state index contributed by atoms with van der Waals surface area (Å²) in [5, 5.41) is 14.4. The van der Waals surface area contributed by atoms with Gasteiger partial charge in [-0.2, -0.15) is 9.78 Å². The van der Waals surface area contributed by atoms with E-state index in [4.69, 9.17) is 24.0 Å². The van der Waals surface area contributed by atoms with Gasteiger partial charge in [-0.15, -0.1) is 10.2 Å². The smallest absolute Gasteiger partial charge is 0.212 e. The van der Waals surface area contributed by atoms with Crippen molar-refractivity contribution in [2.75, 3.05) is 40.3 Å². The standard InChI is InChI=1S/C24H26N4O4S/c1-29-18-5-7-22(31-3)19(12-18)23-25-26-24-28(23)27-20(14-33-24)16-4-6-21(30-2)17(11-16)10-15-8-9-32-13-15/h4-7,11-12,15H,8-10,13-14H2,1-3H3. The Morgan fingerprint density at radius 1 is 1.03 bits per heavy atom. The maximum atomic E-state index is 5.63. The molecule has 0 saturated carbocycles. The fraction of sp³-hybridized carbons (Fsp3) is 0.375. The molecule has 0 spiro atoms. The molecule has 1 atom stereocenters. The van der Waals surface area contributed by atoms with Crippen LogP contribution in [0.4, 0.5) is 0 Å². The number of benzene rings is 2. The number of hydrogen-bond acceptors (Lipinski definition) is 8. The summed E-state index contributed by atoms with van der Waals surface area (Å²) in [5.41, 5.74) is 3.99. The van der Waals surface area contributed by atoms with Gasteiger partial charge in [0.15, 0.2) is 5.82 Å². The van der Waals surface area contributed by atoms with Crippen LogP contribution in [0.3, 0.4) is 0 Å². The van der Waals surface area contributed by atoms with Crippen LogP contribution in [0.2, 0.25) is 0 Å². The lowest BCUT2D eigenvalue weighted by molar-refractivity contribution is 0.185. The van der Waals surface area contributed by atoms with Gasteiger partial charge in [-0.3, -0.25) is 0 Å². The van der Waals surface area contributed by atoms with Gasteiger partial charge in [0.2, 0.25) is 5.16 Å². The van der Waals surface area contributed by atoms with Crippen molar-refractivity contribution in [1.29, 1.82) is 0 Å². The lowest BCUT2D eigenvalue weighted by Gasteiger charge is -2.17. The Hall–Kier alpha value is -3.04. The first kappa shape index (κ1) is 21.8. The number of fused-ring (bicyclic) bond motifs is 1. The van der Waals surface area contributed by atoms with Crippen molar-refractivity contribution in [2.24, 2.45) is 11.0 Å². The molecule has 2 aliphatic heterocycles. The second-order valence-electron chi connectivity index (χ2n) is 7.98. The fourth-order valence-electron chi connectivity index (χ4n) is 4.20. The van der Waals surface area contributed by atoms with Crippen molar-refractivity contribution < 1.29 is 18.9 Å². The van der Waals surface area contributed by atoms with Gasteiger partial charge in [-0.25, -0.2) is 0 Å². The number of aromatic nitrogens is 3. The fourth-order valence-corrected chi connectivity index (χ4v) is 5.04. The molecule has 3 heterocycles. The van der Waals surface area contributed by atoms with Gasteiger partial charge in [0.25, 0.3) is 0 Å². The number of rotatable bonds is 7. The molecule has 2 aromatic carbocycles. The van der Waals surface area contributed by atoms with E-state index in [2.05, 4.69) is 22.3 Å². The zero-order chi connectivity index (χ0) is 22.8. The number of thioether (sulfide) groups is 1. The quantitative estimate of drug-likeness (QED) is 0.522. The number of methoxy groups -OCH3 is 3. The zero-order valence-corrected chi connectivity index (χ0v) is 19.7. The van der Waals surface area contributed by atoms with Crippen LogP contribution in [0.1, 0.15) is 17.5 Å². The lowest BCUT2D eigenvalue weighted by Crippen LogP contribution is -2.15. The van der Waals surface area contributed by atoms with Crippen molar-refractivity contribution in [3.63, 3.8) is 0 Å². The highest BCUT2D eigenvalue weighted by molar-refractivity contribution is 7.99. The van der Waals surface area contributed by atoms with Crippen molar-refractivity contribution in [3.05, 3.63) is 47.5 Å². The Balaban J connectivity index is 1.52. The summed E-state index contributed by atoms with van der Waals surface area (Å²) in [5.74, 6) is 4.15. The molecule has 0 bridgehead atoms. The average Bonchev–Trinajstić information content (AvgIpc) is 3.53. The van der Waals surface area contributed by atoms with Crippen LogP contribution in [-0.4, -0.2) is 60.9 Å². The predicted molar refractivity (Wildman–Crippen MR) is 127 cm³/mol. The Morgan fingerprint density at radius 2 is 1.88 bits per heavy atom. The van der Waals surface area contributed by atoms with E-state index in [1.165, 1.54) is 5.56 Å². The molecule has 3 aromatic rings. The Labute approximate surface area is 196 Å². The molecule has 1 saturated heterocycles. The van der Waals surface area contributed by atoms with Gasteiger partial charge in [0.05, 0.1) is 32.6 Å². The third-order valence-electron chi connectivity index (χ3n) is 5.96. The number of ether oxygens (including phenoxy) is 4. The maximum Gasteiger partial charge on any atom is 0.212 e. The van der Waals surface area contributed by atoms with Crippen LogP contribution >= 0.6 is 11.8 Å². The van der Waals surface area contributed by atoms with E-state index >= 15 is 0 Å². The molecule has 172 valence electrons. The zero-order valence-electron chi connectivity index (χ0n) is 18.9. The minimum atomic E-state index is 0.522. The van der Waals surface area contributed by atoms with Crippen LogP contribution in [0.5, 0.6) is 17.2 Å². The molecule has 1 unspecified atom stereocenters. The Kier molecular flexibility index (Phi) is 6.24. The summed E-state index contributed by atoms with van der Waals surface area (Å²) in [7, 11) is 4.99. The van der Waals surface area contributed by atoms with Gasteiger partial charge in [-0.05, 0) is 66.3 Å². The molecular weight excluding hydrogens is 440 g/mol. The van der Waals surface area contributed by atoms with Gasteiger partial charge >= 0.3 is 0 Å². The maximum absolute atomic E-state index is 5.63. The van der Waals surface area contributed by atoms with Crippen LogP contribution in [0, 0.1) is 5.92 Å². The summed E-state index contributed by atoms with van der Waals surface area (Å²) >= 11 is 1.61. The lowest BCUT2D eigenvalue weighted by atomic mass is 9.96. The van der Waals surface area contributed by atoms with Gasteiger partial charge in [0, 0.05) is 19.0 Å². The first-order valence-corrected chi connectivity index (χ1v) is 11.8. The second-order valence-corrected chi connectivity index (χ2v) is 8.92. The molecule has 8 nitrogen and oxygen atoms in total. The molecule has 1 aromatic heterocycles. The van der Waals surface area contributed by atoms with E-state index in [1.807, 2.05) is 24.3 Å². The molecule has 0 N–H and O–H groups in total. The Morgan fingerprint density at radius 3 is 2.64 bits per heavy atom. The first-order chi connectivity index (χ1) is 16.2. The molecule has 2 aliphatic rings. The van der Waals surface area contributed by atoms with Crippen LogP contribution in [-0.2, 0) is 11.2 Å². The van der Waals surface area contributed by atoms with E-state index in [0.29, 0.717) is 29.0 Å². The predicted octanol–water partition coefficient (Wildman–Crippen LogP) is 3.91. The third-order valence-corrected chi connectivity index (χ3v) is 6.90. The molecule has 0 amide bonds. The second kappa shape index (κ2) is 9.44. The normalized spacial score (nSPS) is 17.4. The summed E-state index contributed by atoms with van der Waals surface area (Å²) in [4.78, 5) is 0. The van der Waals surface area contributed by atoms with Gasteiger partial charge in [0.1, 0.15) is 17.2 Å². The van der Waals surface area contributed by atoms with E-state index in [1.54, 1.807) is 37.8 Å². The number of nitrogens with zero attached hydrogens (tertiary/aromatic N) is 4. The molecule has 5 rings (SSSR count). The topological polar surface area (TPSA) is 80.0 Å². The van der Waals surface area contributed by atoms with E-state index < -0.39 is 0 Å². The van der Waals surface area contributed by atoms with Crippen molar-refractivity contribution in [3.8, 4) is 28.6 Å². The highest BCUT2D eigenvalue weighted by Gasteiger charge is 2.24. The SMILES string of the molecule is COc1ccc(OC)c(-c2nnc3n2N=C(c2ccc(OC)c(CC4CCOC4)c2)CS3)c1. The first-order valence-electron chi connectivity index (χ1n) is 10.8. The number of hydrogen-bond donors (Lipinski definition) is 0. The third kappa shape index (κ3) is 4.30. The molecule has 33 heavy (non-hydrogen) atoms. The van der Waals surface area contributed by atoms with E-state index in [9.17, 15) is 0 Å². The van der Waals surface area contributed by atoms with Crippen molar-refractivity contribution in [1.82, 2.24) is 14.9 Å². The summed E-state index contributed by atoms with van der Waals surface area (Å²) < 4.78 is 23.9. The minimum Gasteiger partial charge on any atom is -0.497 e. The van der Waals surface area contributed by atoms with Crippen LogP contribution in [0.15, 0.2) is 46.7 Å². The van der Waals surface area contributed by atoms with Crippen LogP contribution in [0.25, 0.3) is 11.4 Å². The molecule has 9 heteroatoms. The highest BCUT2D eigenvalue weighted by atomic mass is 32.2. The Bertz CT molecular complexity index is 1190. The van der Waals surface area contributed by atoms with Crippen molar-refractivity contribution >= 4 is 17.5 Å². The molecule has 0 aliphatic carbocycles. The molecule has 1 fully saturated rings. The van der Waals surface area contributed by atoms with Crippen LogP contribution < -0.4 is 14.2 Å². The highest BCUT2D eigenvalue weighted by Crippen LogP contribution is 2.36. The average molecular weight is 467 g/mol. The summed E-state index contributed by atoms with van der Waals surface area (Å²) in [6.45, 7) is 1.64. The largest absolute Gasteiger partial charge is 0.497 e. The van der Waals surface area contributed by atoms with Gasteiger partial charge < -0.3 is 18.9 Å². The summed E-state index contributed by atoms with van der Waals surface area (Å²) in [6, 6.07) is 11.9. The monoisotopic (exact) mass is 466 g/mol. The van der Waals surface area contributed by atoms with E-state index in [0.717, 1.165) is 53.8 Å². The minimum absolute atomic E-state index is 0.522. The van der Waals surface area contributed by atoms with Crippen molar-refractivity contribution in [2.45, 2.75) is 18.0 Å². The van der Waals surface area contributed by atoms with Gasteiger partial charge in [-0.1, -0.05) is 11.8 Å². The summed E-state index contributed by atoms with van der Waals surface area (Å²) in [6.07, 6.45) is 2.02. The molecular formula is C24H26N4O4S. The van der Waals surface area contributed by atoms with E-state index in [-0.39, 0.29) is 0 Å². The molecule has 0 radical (unpaired) electrons.